The van der Waals surface area contributed by atoms with Gasteiger partial charge in [-0.1, -0.05) is 17.7 Å². The fraction of sp³-hybridized carbons (Fsp3) is 0.167. The first-order valence-electron chi connectivity index (χ1n) is 7.87. The van der Waals surface area contributed by atoms with Gasteiger partial charge in [0.15, 0.2) is 5.82 Å². The number of hydrogen-bond acceptors (Lipinski definition) is 5. The highest BCUT2D eigenvalue weighted by atomic mass is 35.5. The van der Waals surface area contributed by atoms with E-state index in [2.05, 4.69) is 25.8 Å². The Morgan fingerprint density at radius 1 is 1.23 bits per heavy atom. The van der Waals surface area contributed by atoms with Crippen molar-refractivity contribution in [1.29, 1.82) is 0 Å². The van der Waals surface area contributed by atoms with Gasteiger partial charge in [-0.25, -0.2) is 4.98 Å². The number of aromatic nitrogens is 2. The van der Waals surface area contributed by atoms with Crippen LogP contribution in [0.15, 0.2) is 58.9 Å². The molecule has 0 unspecified atom stereocenters. The second kappa shape index (κ2) is 7.45. The molecule has 0 saturated carbocycles. The van der Waals surface area contributed by atoms with Crippen molar-refractivity contribution in [3.05, 3.63) is 80.7 Å². The van der Waals surface area contributed by atoms with Crippen molar-refractivity contribution in [1.82, 2.24) is 9.55 Å². The van der Waals surface area contributed by atoms with Gasteiger partial charge < -0.3 is 4.57 Å². The largest absolute Gasteiger partial charge is 0.318 e. The second-order valence-electron chi connectivity index (χ2n) is 5.74. The van der Waals surface area contributed by atoms with E-state index in [0.717, 1.165) is 22.6 Å². The zero-order valence-corrected chi connectivity index (χ0v) is 15.0. The minimum Gasteiger partial charge on any atom is -0.318 e. The van der Waals surface area contributed by atoms with E-state index in [4.69, 9.17) is 11.6 Å². The minimum absolute atomic E-state index is 0.0750. The molecular weight excluding hydrogens is 354 g/mol. The van der Waals surface area contributed by atoms with E-state index < -0.39 is 4.92 Å². The summed E-state index contributed by atoms with van der Waals surface area (Å²) in [7, 11) is 0. The molecule has 0 bridgehead atoms. The lowest BCUT2D eigenvalue weighted by Crippen LogP contribution is -1.99. The Kier molecular flexibility index (Phi) is 5.09. The number of nitro groups is 1. The second-order valence-corrected chi connectivity index (χ2v) is 6.18. The van der Waals surface area contributed by atoms with Crippen LogP contribution in [0.1, 0.15) is 17.0 Å². The molecule has 0 atom stereocenters. The van der Waals surface area contributed by atoms with Crippen molar-refractivity contribution in [3.63, 3.8) is 0 Å². The van der Waals surface area contributed by atoms with Gasteiger partial charge in [-0.2, -0.15) is 5.11 Å². The van der Waals surface area contributed by atoms with Crippen molar-refractivity contribution in [2.24, 2.45) is 10.2 Å². The molecule has 132 valence electrons. The summed E-state index contributed by atoms with van der Waals surface area (Å²) >= 11 is 6.09. The quantitative estimate of drug-likeness (QED) is 0.346. The summed E-state index contributed by atoms with van der Waals surface area (Å²) in [6.07, 6.45) is 1.17. The number of halogens is 1. The minimum atomic E-state index is -0.501. The maximum Gasteiger partial charge on any atom is 0.287 e. The highest BCUT2D eigenvalue weighted by molar-refractivity contribution is 6.30. The molecule has 3 rings (SSSR count). The van der Waals surface area contributed by atoms with E-state index in [-0.39, 0.29) is 5.69 Å². The number of aryl methyl sites for hydroxylation is 1. The molecule has 0 saturated heterocycles. The van der Waals surface area contributed by atoms with Crippen LogP contribution < -0.4 is 0 Å². The molecule has 0 fully saturated rings. The van der Waals surface area contributed by atoms with E-state index >= 15 is 0 Å². The Labute approximate surface area is 155 Å². The van der Waals surface area contributed by atoms with E-state index in [1.165, 1.54) is 18.3 Å². The molecule has 0 spiro atoms. The number of rotatable bonds is 5. The van der Waals surface area contributed by atoms with Gasteiger partial charge in [-0.3, -0.25) is 10.1 Å². The van der Waals surface area contributed by atoms with E-state index in [0.29, 0.717) is 17.4 Å². The standard InChI is InChI=1S/C18H16ClN5O2/c1-12-8-14(13(2)23(12)16-5-3-4-15(19)9-16)10-21-22-18-7-6-17(11-20-18)24(25)26/h3-9,11H,10H2,1-2H3. The van der Waals surface area contributed by atoms with E-state index in [1.54, 1.807) is 0 Å². The van der Waals surface area contributed by atoms with Crippen LogP contribution in [-0.2, 0) is 6.54 Å². The Balaban J connectivity index is 1.78. The SMILES string of the molecule is Cc1cc(CN=Nc2ccc([N+](=O)[O-])cn2)c(C)n1-c1cccc(Cl)c1. The number of nitrogens with zero attached hydrogens (tertiary/aromatic N) is 5. The summed E-state index contributed by atoms with van der Waals surface area (Å²) in [4.78, 5) is 14.0. The number of pyridine rings is 1. The van der Waals surface area contributed by atoms with Gasteiger partial charge in [-0.15, -0.1) is 5.11 Å². The van der Waals surface area contributed by atoms with Gasteiger partial charge in [0, 0.05) is 28.2 Å². The van der Waals surface area contributed by atoms with Crippen LogP contribution in [0, 0.1) is 24.0 Å². The third-order valence-electron chi connectivity index (χ3n) is 3.96. The summed E-state index contributed by atoms with van der Waals surface area (Å²) in [6, 6.07) is 12.5. The van der Waals surface area contributed by atoms with Crippen LogP contribution in [0.2, 0.25) is 5.02 Å². The third kappa shape index (κ3) is 3.78. The Morgan fingerprint density at radius 2 is 2.04 bits per heavy atom. The lowest BCUT2D eigenvalue weighted by molar-refractivity contribution is -0.385. The van der Waals surface area contributed by atoms with Gasteiger partial charge >= 0.3 is 0 Å². The van der Waals surface area contributed by atoms with Crippen LogP contribution in [0.3, 0.4) is 0 Å². The van der Waals surface area contributed by atoms with Crippen LogP contribution in [0.25, 0.3) is 5.69 Å². The van der Waals surface area contributed by atoms with Crippen molar-refractivity contribution >= 4 is 23.1 Å². The lowest BCUT2D eigenvalue weighted by atomic mass is 10.2. The van der Waals surface area contributed by atoms with Crippen LogP contribution >= 0.6 is 11.6 Å². The zero-order chi connectivity index (χ0) is 18.7. The molecular formula is C18H16ClN5O2. The van der Waals surface area contributed by atoms with Crippen LogP contribution in [0.4, 0.5) is 11.5 Å². The normalized spacial score (nSPS) is 11.2. The third-order valence-corrected chi connectivity index (χ3v) is 4.19. The van der Waals surface area contributed by atoms with Gasteiger partial charge in [0.1, 0.15) is 6.20 Å². The molecule has 0 radical (unpaired) electrons. The Bertz CT molecular complexity index is 980. The molecule has 1 aromatic carbocycles. The average molecular weight is 370 g/mol. The molecule has 2 heterocycles. The molecule has 0 aliphatic carbocycles. The fourth-order valence-electron chi connectivity index (χ4n) is 2.73. The molecule has 0 N–H and O–H groups in total. The topological polar surface area (TPSA) is 85.7 Å². The first kappa shape index (κ1) is 17.8. The maximum absolute atomic E-state index is 10.6. The predicted octanol–water partition coefficient (Wildman–Crippen LogP) is 5.33. The van der Waals surface area contributed by atoms with Gasteiger partial charge in [0.2, 0.25) is 0 Å². The summed E-state index contributed by atoms with van der Waals surface area (Å²) < 4.78 is 2.11. The van der Waals surface area contributed by atoms with Crippen LogP contribution in [-0.4, -0.2) is 14.5 Å². The summed E-state index contributed by atoms with van der Waals surface area (Å²) in [6.45, 7) is 4.42. The predicted molar refractivity (Wildman–Crippen MR) is 99.4 cm³/mol. The highest BCUT2D eigenvalue weighted by Gasteiger charge is 2.11. The van der Waals surface area contributed by atoms with Gasteiger partial charge in [-0.05, 0) is 49.7 Å². The molecule has 7 nitrogen and oxygen atoms in total. The zero-order valence-electron chi connectivity index (χ0n) is 14.3. The van der Waals surface area contributed by atoms with Crippen LogP contribution in [0.5, 0.6) is 0 Å². The molecule has 0 aliphatic heterocycles. The molecule has 26 heavy (non-hydrogen) atoms. The van der Waals surface area contributed by atoms with Crippen molar-refractivity contribution in [2.45, 2.75) is 20.4 Å². The molecule has 3 aromatic rings. The molecule has 8 heteroatoms. The summed E-state index contributed by atoms with van der Waals surface area (Å²) in [5.74, 6) is 0.333. The van der Waals surface area contributed by atoms with Crippen molar-refractivity contribution in [3.8, 4) is 5.69 Å². The first-order chi connectivity index (χ1) is 12.5. The number of hydrogen-bond donors (Lipinski definition) is 0. The highest BCUT2D eigenvalue weighted by Crippen LogP contribution is 2.24. The van der Waals surface area contributed by atoms with Gasteiger partial charge in [0.05, 0.1) is 11.5 Å². The Hall–Kier alpha value is -3.06. The van der Waals surface area contributed by atoms with Gasteiger partial charge in [0.25, 0.3) is 5.69 Å². The lowest BCUT2D eigenvalue weighted by Gasteiger charge is -2.10. The molecule has 2 aromatic heterocycles. The smallest absolute Gasteiger partial charge is 0.287 e. The van der Waals surface area contributed by atoms with Crippen molar-refractivity contribution in [2.75, 3.05) is 0 Å². The van der Waals surface area contributed by atoms with E-state index in [1.807, 2.05) is 38.1 Å². The summed E-state index contributed by atoms with van der Waals surface area (Å²) in [5.41, 5.74) is 4.08. The first-order valence-corrected chi connectivity index (χ1v) is 8.25. The molecule has 0 aliphatic rings. The monoisotopic (exact) mass is 369 g/mol. The number of azo groups is 1. The summed E-state index contributed by atoms with van der Waals surface area (Å²) in [5, 5.41) is 19.5. The maximum atomic E-state index is 10.6. The van der Waals surface area contributed by atoms with E-state index in [9.17, 15) is 10.1 Å². The average Bonchev–Trinajstić information content (AvgIpc) is 2.89. The molecule has 0 amide bonds. The number of benzene rings is 1. The van der Waals surface area contributed by atoms with Crippen molar-refractivity contribution < 1.29 is 4.92 Å². The fourth-order valence-corrected chi connectivity index (χ4v) is 2.92. The Morgan fingerprint density at radius 3 is 2.69 bits per heavy atom.